The summed E-state index contributed by atoms with van der Waals surface area (Å²) in [6, 6.07) is 10.4. The van der Waals surface area contributed by atoms with Crippen molar-refractivity contribution in [3.8, 4) is 0 Å². The lowest BCUT2D eigenvalue weighted by atomic mass is 9.93. The second-order valence-corrected chi connectivity index (χ2v) is 14.7. The predicted molar refractivity (Wildman–Crippen MR) is 158 cm³/mol. The lowest BCUT2D eigenvalue weighted by Crippen LogP contribution is -2.51. The van der Waals surface area contributed by atoms with Crippen molar-refractivity contribution in [2.75, 3.05) is 54.4 Å². The summed E-state index contributed by atoms with van der Waals surface area (Å²) >= 11 is 0. The van der Waals surface area contributed by atoms with Crippen LogP contribution in [0.2, 0.25) is 0 Å². The number of carbonyl (C=O) groups excluding carboxylic acids is 1. The number of nitrogens with one attached hydrogen (secondary N) is 2. The molecule has 4 aliphatic rings. The third kappa shape index (κ3) is 4.92. The van der Waals surface area contributed by atoms with Gasteiger partial charge >= 0.3 is 0 Å². The molecule has 42 heavy (non-hydrogen) atoms. The first-order valence-corrected chi connectivity index (χ1v) is 16.3. The third-order valence-electron chi connectivity index (χ3n) is 9.73. The lowest BCUT2D eigenvalue weighted by Gasteiger charge is -2.35. The van der Waals surface area contributed by atoms with Crippen LogP contribution in [0.15, 0.2) is 41.3 Å². The summed E-state index contributed by atoms with van der Waals surface area (Å²) in [4.78, 5) is 18.1. The number of halogens is 2. The number of anilines is 3. The van der Waals surface area contributed by atoms with E-state index in [0.29, 0.717) is 41.3 Å². The number of hydrogen-bond donors (Lipinski definition) is 2. The molecular formula is C30H36F2N6O3S. The second kappa shape index (κ2) is 9.90. The SMILES string of the molecule is Cn1nc(N2CCC(F)(F)CC2)c2cc(NC(=O)c3ccc(S(=O)(=O)C4CNC4)cc3N3CCC4(CC3)CC4)ccc21. The van der Waals surface area contributed by atoms with Crippen molar-refractivity contribution >= 4 is 43.8 Å². The van der Waals surface area contributed by atoms with Gasteiger partial charge in [0, 0.05) is 70.2 Å². The van der Waals surface area contributed by atoms with E-state index in [9.17, 15) is 22.0 Å². The molecular weight excluding hydrogens is 562 g/mol. The van der Waals surface area contributed by atoms with Crippen LogP contribution in [0.4, 0.5) is 26.0 Å². The fraction of sp³-hybridized carbons (Fsp3) is 0.533. The molecule has 1 saturated carbocycles. The number of rotatable bonds is 6. The zero-order valence-corrected chi connectivity index (χ0v) is 24.5. The Labute approximate surface area is 244 Å². The Morgan fingerprint density at radius 3 is 2.29 bits per heavy atom. The molecule has 2 N–H and O–H groups in total. The van der Waals surface area contributed by atoms with Gasteiger partial charge in [-0.15, -0.1) is 0 Å². The molecule has 2 aromatic carbocycles. The molecule has 4 heterocycles. The number of amides is 1. The number of carbonyl (C=O) groups is 1. The van der Waals surface area contributed by atoms with Crippen LogP contribution in [-0.4, -0.2) is 74.5 Å². The van der Waals surface area contributed by atoms with Gasteiger partial charge in [0.2, 0.25) is 0 Å². The van der Waals surface area contributed by atoms with Crippen LogP contribution in [0, 0.1) is 5.41 Å². The Morgan fingerprint density at radius 1 is 0.952 bits per heavy atom. The summed E-state index contributed by atoms with van der Waals surface area (Å²) in [5.41, 5.74) is 2.90. The molecule has 4 fully saturated rings. The monoisotopic (exact) mass is 598 g/mol. The van der Waals surface area contributed by atoms with Gasteiger partial charge in [0.15, 0.2) is 15.7 Å². The van der Waals surface area contributed by atoms with Crippen LogP contribution < -0.4 is 20.4 Å². The highest BCUT2D eigenvalue weighted by atomic mass is 32.2. The zero-order chi connectivity index (χ0) is 29.3. The minimum atomic E-state index is -3.50. The van der Waals surface area contributed by atoms with Crippen LogP contribution in [0.25, 0.3) is 10.9 Å². The fourth-order valence-corrected chi connectivity index (χ4v) is 8.11. The van der Waals surface area contributed by atoms with E-state index < -0.39 is 21.0 Å². The van der Waals surface area contributed by atoms with E-state index in [1.54, 1.807) is 28.9 Å². The van der Waals surface area contributed by atoms with E-state index in [1.807, 2.05) is 24.1 Å². The maximum atomic E-state index is 13.8. The van der Waals surface area contributed by atoms with Crippen molar-refractivity contribution in [2.24, 2.45) is 12.5 Å². The zero-order valence-electron chi connectivity index (χ0n) is 23.7. The fourth-order valence-electron chi connectivity index (χ4n) is 6.52. The van der Waals surface area contributed by atoms with Crippen LogP contribution in [0.3, 0.4) is 0 Å². The van der Waals surface area contributed by atoms with Crippen molar-refractivity contribution in [1.82, 2.24) is 15.1 Å². The molecule has 0 bridgehead atoms. The number of hydrogen-bond acceptors (Lipinski definition) is 7. The van der Waals surface area contributed by atoms with Crippen molar-refractivity contribution in [2.45, 2.75) is 54.6 Å². The van der Waals surface area contributed by atoms with Crippen LogP contribution in [-0.2, 0) is 16.9 Å². The van der Waals surface area contributed by atoms with Crippen LogP contribution in [0.1, 0.15) is 48.9 Å². The van der Waals surface area contributed by atoms with E-state index >= 15 is 0 Å². The molecule has 1 amide bonds. The maximum absolute atomic E-state index is 13.8. The van der Waals surface area contributed by atoms with Gasteiger partial charge in [-0.1, -0.05) is 0 Å². The van der Waals surface area contributed by atoms with E-state index in [1.165, 1.54) is 12.8 Å². The van der Waals surface area contributed by atoms with Crippen LogP contribution >= 0.6 is 0 Å². The number of benzene rings is 2. The summed E-state index contributed by atoms with van der Waals surface area (Å²) in [6.07, 6.45) is 4.14. The molecule has 9 nitrogen and oxygen atoms in total. The molecule has 224 valence electrons. The molecule has 1 spiro atoms. The highest BCUT2D eigenvalue weighted by Gasteiger charge is 2.45. The van der Waals surface area contributed by atoms with Gasteiger partial charge < -0.3 is 20.4 Å². The number of nitrogens with zero attached hydrogens (tertiary/aromatic N) is 4. The van der Waals surface area contributed by atoms with Crippen molar-refractivity contribution in [3.05, 3.63) is 42.0 Å². The Balaban J connectivity index is 1.18. The summed E-state index contributed by atoms with van der Waals surface area (Å²) in [5, 5.41) is 11.0. The second-order valence-electron chi connectivity index (χ2n) is 12.5. The summed E-state index contributed by atoms with van der Waals surface area (Å²) in [7, 11) is -1.69. The summed E-state index contributed by atoms with van der Waals surface area (Å²) in [6.45, 7) is 2.86. The molecule has 12 heteroatoms. The topological polar surface area (TPSA) is 99.6 Å². The molecule has 3 aromatic rings. The first kappa shape index (κ1) is 27.6. The van der Waals surface area contributed by atoms with Gasteiger partial charge in [-0.25, -0.2) is 17.2 Å². The first-order chi connectivity index (χ1) is 20.0. The van der Waals surface area contributed by atoms with Crippen molar-refractivity contribution in [1.29, 1.82) is 0 Å². The highest BCUT2D eigenvalue weighted by molar-refractivity contribution is 7.92. The van der Waals surface area contributed by atoms with E-state index in [2.05, 4.69) is 20.6 Å². The standard InChI is InChI=1S/C30H36F2N6O3S/c1-36-25-5-2-20(16-24(25)27(35-36)38-14-10-30(31,32)11-15-38)34-28(39)23-4-3-21(42(40,41)22-18-33-19-22)17-26(23)37-12-8-29(6-7-29)9-13-37/h2-5,16-17,22,33H,6-15,18-19H2,1H3,(H,34,39). The number of alkyl halides is 2. The quantitative estimate of drug-likeness (QED) is 0.439. The smallest absolute Gasteiger partial charge is 0.257 e. The molecule has 1 aromatic heterocycles. The predicted octanol–water partition coefficient (Wildman–Crippen LogP) is 4.19. The molecule has 0 radical (unpaired) electrons. The molecule has 0 atom stereocenters. The Bertz CT molecular complexity index is 1640. The molecule has 7 rings (SSSR count). The Morgan fingerprint density at radius 2 is 1.64 bits per heavy atom. The minimum Gasteiger partial charge on any atom is -0.371 e. The summed E-state index contributed by atoms with van der Waals surface area (Å²) < 4.78 is 55.8. The normalized spacial score (nSPS) is 21.9. The number of fused-ring (bicyclic) bond motifs is 1. The van der Waals surface area contributed by atoms with Gasteiger partial charge in [-0.2, -0.15) is 5.10 Å². The number of aryl methyl sites for hydroxylation is 1. The molecule has 1 aliphatic carbocycles. The third-order valence-corrected chi connectivity index (χ3v) is 11.9. The van der Waals surface area contributed by atoms with E-state index in [-0.39, 0.29) is 36.7 Å². The average molecular weight is 599 g/mol. The number of aromatic nitrogens is 2. The van der Waals surface area contributed by atoms with Crippen LogP contribution in [0.5, 0.6) is 0 Å². The Hall–Kier alpha value is -3.25. The van der Waals surface area contributed by atoms with Gasteiger partial charge in [-0.3, -0.25) is 9.48 Å². The average Bonchev–Trinajstić information content (AvgIpc) is 3.60. The van der Waals surface area contributed by atoms with E-state index in [4.69, 9.17) is 0 Å². The molecule has 3 aliphatic heterocycles. The Kier molecular flexibility index (Phi) is 6.50. The minimum absolute atomic E-state index is 0.211. The van der Waals surface area contributed by atoms with Gasteiger partial charge in [0.25, 0.3) is 11.8 Å². The largest absolute Gasteiger partial charge is 0.371 e. The van der Waals surface area contributed by atoms with Crippen molar-refractivity contribution < 1.29 is 22.0 Å². The number of piperidine rings is 2. The van der Waals surface area contributed by atoms with E-state index in [0.717, 1.165) is 36.8 Å². The summed E-state index contributed by atoms with van der Waals surface area (Å²) in [5.74, 6) is -2.36. The van der Waals surface area contributed by atoms with Gasteiger partial charge in [0.05, 0.1) is 26.9 Å². The molecule has 0 unspecified atom stereocenters. The van der Waals surface area contributed by atoms with Crippen molar-refractivity contribution in [3.63, 3.8) is 0 Å². The maximum Gasteiger partial charge on any atom is 0.257 e. The molecule has 3 saturated heterocycles. The highest BCUT2D eigenvalue weighted by Crippen LogP contribution is 2.54. The van der Waals surface area contributed by atoms with Gasteiger partial charge in [0.1, 0.15) is 0 Å². The lowest BCUT2D eigenvalue weighted by molar-refractivity contribution is -0.0221. The first-order valence-electron chi connectivity index (χ1n) is 14.8. The van der Waals surface area contributed by atoms with Gasteiger partial charge in [-0.05, 0) is 67.5 Å². The number of sulfone groups is 1.